The van der Waals surface area contributed by atoms with Crippen LogP contribution in [-0.4, -0.2) is 30.6 Å². The minimum Gasteiger partial charge on any atom is -0.465 e. The summed E-state index contributed by atoms with van der Waals surface area (Å²) in [6.07, 6.45) is 0.495. The van der Waals surface area contributed by atoms with Crippen molar-refractivity contribution in [3.8, 4) is 0 Å². The Kier molecular flexibility index (Phi) is 3.91. The first-order valence-electron chi connectivity index (χ1n) is 5.44. The first kappa shape index (κ1) is 13.2. The lowest BCUT2D eigenvalue weighted by Crippen LogP contribution is -2.32. The molecule has 0 spiro atoms. The number of carbonyl (C=O) groups excluding carboxylic acids is 3. The van der Waals surface area contributed by atoms with E-state index in [0.717, 1.165) is 0 Å². The van der Waals surface area contributed by atoms with Gasteiger partial charge in [-0.2, -0.15) is 5.10 Å². The van der Waals surface area contributed by atoms with Crippen LogP contribution in [0.15, 0.2) is 16.5 Å². The summed E-state index contributed by atoms with van der Waals surface area (Å²) in [4.78, 5) is 34.6. The summed E-state index contributed by atoms with van der Waals surface area (Å²) in [5.41, 5.74) is 2.84. The zero-order valence-corrected chi connectivity index (χ0v) is 10.9. The predicted molar refractivity (Wildman–Crippen MR) is 69.1 cm³/mol. The highest BCUT2D eigenvalue weighted by Crippen LogP contribution is 2.23. The van der Waals surface area contributed by atoms with Crippen molar-refractivity contribution >= 4 is 40.5 Å². The molecule has 100 valence electrons. The number of anilines is 1. The Morgan fingerprint density at radius 1 is 1.47 bits per heavy atom. The van der Waals surface area contributed by atoms with Gasteiger partial charge in [0.15, 0.2) is 0 Å². The molecular formula is C11H11N3O4S. The maximum absolute atomic E-state index is 11.9. The van der Waals surface area contributed by atoms with Crippen LogP contribution in [0.3, 0.4) is 0 Å². The lowest BCUT2D eigenvalue weighted by atomic mass is 10.1. The Labute approximate surface area is 112 Å². The molecule has 0 saturated heterocycles. The minimum atomic E-state index is -0.510. The number of thiophene rings is 1. The van der Waals surface area contributed by atoms with Crippen molar-refractivity contribution in [1.29, 1.82) is 0 Å². The highest BCUT2D eigenvalue weighted by atomic mass is 32.1. The SMILES string of the molecule is COC(=O)c1sccc1NC(=O)C1=NNC(=O)CC1. The Bertz CT molecular complexity index is 564. The highest BCUT2D eigenvalue weighted by molar-refractivity contribution is 7.12. The highest BCUT2D eigenvalue weighted by Gasteiger charge is 2.21. The van der Waals surface area contributed by atoms with Gasteiger partial charge in [0.05, 0.1) is 12.8 Å². The van der Waals surface area contributed by atoms with Crippen LogP contribution in [0, 0.1) is 0 Å². The lowest BCUT2D eigenvalue weighted by Gasteiger charge is -2.11. The molecule has 0 aliphatic carbocycles. The van der Waals surface area contributed by atoms with Crippen molar-refractivity contribution in [2.45, 2.75) is 12.8 Å². The van der Waals surface area contributed by atoms with E-state index in [2.05, 4.69) is 20.6 Å². The number of nitrogens with zero attached hydrogens (tertiary/aromatic N) is 1. The van der Waals surface area contributed by atoms with Gasteiger partial charge in [0.25, 0.3) is 5.91 Å². The normalized spacial score (nSPS) is 14.4. The van der Waals surface area contributed by atoms with Gasteiger partial charge in [0.1, 0.15) is 10.6 Å². The number of ether oxygens (including phenoxy) is 1. The molecule has 0 fully saturated rings. The van der Waals surface area contributed by atoms with E-state index in [4.69, 9.17) is 0 Å². The van der Waals surface area contributed by atoms with Gasteiger partial charge in [-0.15, -0.1) is 11.3 Å². The average molecular weight is 281 g/mol. The molecule has 2 rings (SSSR count). The Morgan fingerprint density at radius 2 is 2.26 bits per heavy atom. The number of methoxy groups -OCH3 is 1. The second-order valence-corrected chi connectivity index (χ2v) is 4.62. The van der Waals surface area contributed by atoms with E-state index in [1.54, 1.807) is 11.4 Å². The first-order chi connectivity index (χ1) is 9.11. The van der Waals surface area contributed by atoms with Gasteiger partial charge in [0.2, 0.25) is 5.91 Å². The van der Waals surface area contributed by atoms with Gasteiger partial charge >= 0.3 is 5.97 Å². The van der Waals surface area contributed by atoms with E-state index in [9.17, 15) is 14.4 Å². The van der Waals surface area contributed by atoms with Crippen LogP contribution >= 0.6 is 11.3 Å². The van der Waals surface area contributed by atoms with Crippen molar-refractivity contribution in [2.24, 2.45) is 5.10 Å². The van der Waals surface area contributed by atoms with Crippen molar-refractivity contribution < 1.29 is 19.1 Å². The zero-order valence-electron chi connectivity index (χ0n) is 10.1. The fourth-order valence-electron chi connectivity index (χ4n) is 1.49. The summed E-state index contributed by atoms with van der Waals surface area (Å²) in [5.74, 6) is -1.17. The summed E-state index contributed by atoms with van der Waals surface area (Å²) in [6.45, 7) is 0. The van der Waals surface area contributed by atoms with Gasteiger partial charge in [-0.05, 0) is 11.4 Å². The predicted octanol–water partition coefficient (Wildman–Crippen LogP) is 0.739. The molecule has 1 aliphatic rings. The lowest BCUT2D eigenvalue weighted by molar-refractivity contribution is -0.121. The minimum absolute atomic E-state index is 0.220. The molecule has 0 unspecified atom stereocenters. The van der Waals surface area contributed by atoms with Crippen LogP contribution in [-0.2, 0) is 14.3 Å². The van der Waals surface area contributed by atoms with Crippen LogP contribution in [0.4, 0.5) is 5.69 Å². The van der Waals surface area contributed by atoms with E-state index >= 15 is 0 Å². The molecule has 1 aliphatic heterocycles. The van der Waals surface area contributed by atoms with Crippen molar-refractivity contribution in [1.82, 2.24) is 5.43 Å². The Hall–Kier alpha value is -2.22. The van der Waals surface area contributed by atoms with Gasteiger partial charge in [-0.3, -0.25) is 9.59 Å². The number of nitrogens with one attached hydrogen (secondary N) is 2. The number of hydrogen-bond acceptors (Lipinski definition) is 6. The summed E-state index contributed by atoms with van der Waals surface area (Å²) in [5, 5.41) is 7.93. The quantitative estimate of drug-likeness (QED) is 0.798. The summed E-state index contributed by atoms with van der Waals surface area (Å²) in [6, 6.07) is 1.61. The molecule has 0 aromatic carbocycles. The molecule has 0 bridgehead atoms. The second-order valence-electron chi connectivity index (χ2n) is 3.70. The van der Waals surface area contributed by atoms with Crippen LogP contribution in [0.2, 0.25) is 0 Å². The molecule has 2 heterocycles. The maximum atomic E-state index is 11.9. The number of amides is 2. The largest absolute Gasteiger partial charge is 0.465 e. The molecule has 0 saturated carbocycles. The maximum Gasteiger partial charge on any atom is 0.350 e. The molecule has 0 radical (unpaired) electrons. The van der Waals surface area contributed by atoms with Crippen LogP contribution in [0.5, 0.6) is 0 Å². The third kappa shape index (κ3) is 2.97. The van der Waals surface area contributed by atoms with Crippen LogP contribution in [0.1, 0.15) is 22.5 Å². The molecule has 2 N–H and O–H groups in total. The third-order valence-electron chi connectivity index (χ3n) is 2.45. The molecule has 0 atom stereocenters. The first-order valence-corrected chi connectivity index (χ1v) is 6.32. The molecule has 19 heavy (non-hydrogen) atoms. The third-order valence-corrected chi connectivity index (χ3v) is 3.35. The monoisotopic (exact) mass is 281 g/mol. The Balaban J connectivity index is 2.09. The molecule has 1 aromatic rings. The molecule has 1 aromatic heterocycles. The average Bonchev–Trinajstić information content (AvgIpc) is 2.86. The van der Waals surface area contributed by atoms with Gasteiger partial charge < -0.3 is 10.1 Å². The Morgan fingerprint density at radius 3 is 2.89 bits per heavy atom. The van der Waals surface area contributed by atoms with Gasteiger partial charge in [0, 0.05) is 12.8 Å². The van der Waals surface area contributed by atoms with Gasteiger partial charge in [-0.25, -0.2) is 10.2 Å². The number of hydrogen-bond donors (Lipinski definition) is 2. The summed E-state index contributed by atoms with van der Waals surface area (Å²) in [7, 11) is 1.27. The van der Waals surface area contributed by atoms with Crippen molar-refractivity contribution in [3.63, 3.8) is 0 Å². The van der Waals surface area contributed by atoms with Crippen LogP contribution < -0.4 is 10.7 Å². The fraction of sp³-hybridized carbons (Fsp3) is 0.273. The van der Waals surface area contributed by atoms with E-state index in [0.29, 0.717) is 10.6 Å². The van der Waals surface area contributed by atoms with Crippen LogP contribution in [0.25, 0.3) is 0 Å². The number of esters is 1. The van der Waals surface area contributed by atoms with E-state index in [1.165, 1.54) is 18.4 Å². The fourth-order valence-corrected chi connectivity index (χ4v) is 2.26. The number of hydrazone groups is 1. The second kappa shape index (κ2) is 5.61. The van der Waals surface area contributed by atoms with E-state index < -0.39 is 11.9 Å². The van der Waals surface area contributed by atoms with Gasteiger partial charge in [-0.1, -0.05) is 0 Å². The smallest absolute Gasteiger partial charge is 0.350 e. The standard InChI is InChI=1S/C11H11N3O4S/c1-18-11(17)9-6(4-5-19-9)12-10(16)7-2-3-8(15)14-13-7/h4-5H,2-3H2,1H3,(H,12,16)(H,14,15). The molecule has 2 amide bonds. The van der Waals surface area contributed by atoms with E-state index in [1.807, 2.05) is 0 Å². The van der Waals surface area contributed by atoms with Crippen molar-refractivity contribution in [2.75, 3.05) is 12.4 Å². The topological polar surface area (TPSA) is 96.9 Å². The molecular weight excluding hydrogens is 270 g/mol. The van der Waals surface area contributed by atoms with E-state index in [-0.39, 0.29) is 24.5 Å². The molecule has 8 heteroatoms. The number of rotatable bonds is 3. The summed E-state index contributed by atoms with van der Waals surface area (Å²) < 4.78 is 4.61. The number of carbonyl (C=O) groups is 3. The summed E-state index contributed by atoms with van der Waals surface area (Å²) >= 11 is 1.17. The zero-order chi connectivity index (χ0) is 13.8. The molecule has 7 nitrogen and oxygen atoms in total. The van der Waals surface area contributed by atoms with Crippen molar-refractivity contribution in [3.05, 3.63) is 16.3 Å².